The maximum Gasteiger partial charge on any atom is 0.127 e. The van der Waals surface area contributed by atoms with Crippen LogP contribution < -0.4 is 19.3 Å². The van der Waals surface area contributed by atoms with Gasteiger partial charge in [0.05, 0.1) is 16.2 Å². The minimum atomic E-state index is -0.982. The minimum absolute atomic E-state index is 0.351. The van der Waals surface area contributed by atoms with Crippen molar-refractivity contribution in [1.82, 2.24) is 0 Å². The van der Waals surface area contributed by atoms with E-state index in [4.69, 9.17) is 9.47 Å². The van der Waals surface area contributed by atoms with E-state index in [0.29, 0.717) is 34.4 Å². The zero-order valence-electron chi connectivity index (χ0n) is 59.9. The smallest absolute Gasteiger partial charge is 0.127 e. The molecular weight excluding hydrogens is 1370 g/mol. The van der Waals surface area contributed by atoms with Crippen LogP contribution in [0.5, 0.6) is 23.0 Å². The fourth-order valence-corrected chi connectivity index (χ4v) is 18.5. The fourth-order valence-electron chi connectivity index (χ4n) is 18.5. The third kappa shape index (κ3) is 10.3. The van der Waals surface area contributed by atoms with Crippen molar-refractivity contribution in [2.75, 3.05) is 9.80 Å². The number of ether oxygens (including phenoxy) is 2. The first-order chi connectivity index (χ1) is 54.5. The van der Waals surface area contributed by atoms with Gasteiger partial charge in [0.15, 0.2) is 0 Å². The molecule has 0 fully saturated rings. The van der Waals surface area contributed by atoms with Crippen LogP contribution in [0.25, 0.3) is 56.7 Å². The zero-order chi connectivity index (χ0) is 74.7. The standard InChI is InChI=1S/C103H66F4N2O2/c1-3-65-27-47-81(48-28-65)110-83-51-35-69(36-52-83)101(67-31-39-71(104)40-32-67)93-23-9-5-19-85(93)89-55-43-77(61-97(89)101)108(75-17-13-15-73(106)59-75)79-45-57-91-87-21-7-11-25-95(87)103(99(91)63-79)96-26-12-8-22-88(96)92-58-46-80(64-100(92)103)109(76-18-14-16-74(107)60-76)78-44-56-90-86-20-6-10-24-94(86)102(98(90)62-78,68-33-41-72(105)42-34-68)70-37-53-84(54-38-70)111-82-49-29-66(4-2)30-50-82/h3-64H,1-2H2. The molecule has 0 radical (unpaired) electrons. The predicted molar refractivity (Wildman–Crippen MR) is 440 cm³/mol. The fraction of sp³-hybridized carbons (Fsp3) is 0.0291. The van der Waals surface area contributed by atoms with E-state index in [-0.39, 0.29) is 11.6 Å². The molecule has 4 aliphatic carbocycles. The van der Waals surface area contributed by atoms with Gasteiger partial charge in [0.2, 0.25) is 0 Å². The molecule has 4 nitrogen and oxygen atoms in total. The Kier molecular flexibility index (Phi) is 15.6. The zero-order valence-corrected chi connectivity index (χ0v) is 59.9. The van der Waals surface area contributed by atoms with Crippen molar-refractivity contribution in [3.05, 3.63) is 478 Å². The summed E-state index contributed by atoms with van der Waals surface area (Å²) >= 11 is 0. The van der Waals surface area contributed by atoms with E-state index in [1.165, 1.54) is 36.4 Å². The monoisotopic (exact) mass is 1440 g/mol. The van der Waals surface area contributed by atoms with Gasteiger partial charge in [-0.2, -0.15) is 0 Å². The van der Waals surface area contributed by atoms with Crippen molar-refractivity contribution < 1.29 is 27.0 Å². The number of anilines is 6. The molecule has 8 heteroatoms. The molecule has 2 unspecified atom stereocenters. The van der Waals surface area contributed by atoms with Crippen molar-refractivity contribution >= 4 is 46.3 Å². The number of rotatable bonds is 16. The quantitative estimate of drug-likeness (QED) is 0.0900. The van der Waals surface area contributed by atoms with E-state index < -0.39 is 27.9 Å². The number of nitrogens with zero attached hydrogens (tertiary/aromatic N) is 2. The van der Waals surface area contributed by atoms with Gasteiger partial charge in [-0.1, -0.05) is 232 Å². The van der Waals surface area contributed by atoms with Crippen molar-refractivity contribution in [3.63, 3.8) is 0 Å². The van der Waals surface area contributed by atoms with Crippen LogP contribution in [0.15, 0.2) is 377 Å². The molecule has 16 aromatic carbocycles. The van der Waals surface area contributed by atoms with Gasteiger partial charge in [-0.25, -0.2) is 17.6 Å². The Morgan fingerprint density at radius 3 is 0.766 bits per heavy atom. The average molecular weight is 1440 g/mol. The van der Waals surface area contributed by atoms with Gasteiger partial charge in [-0.3, -0.25) is 0 Å². The predicted octanol–water partition coefficient (Wildman–Crippen LogP) is 27.1. The molecule has 1 spiro atoms. The number of benzene rings is 16. The molecule has 0 saturated carbocycles. The lowest BCUT2D eigenvalue weighted by molar-refractivity contribution is 0.482. The summed E-state index contributed by atoms with van der Waals surface area (Å²) in [7, 11) is 0. The second-order valence-corrected chi connectivity index (χ2v) is 28.8. The van der Waals surface area contributed by atoms with Crippen LogP contribution >= 0.6 is 0 Å². The molecule has 0 heterocycles. The van der Waals surface area contributed by atoms with Crippen molar-refractivity contribution in [2.45, 2.75) is 16.2 Å². The van der Waals surface area contributed by atoms with Crippen LogP contribution in [-0.4, -0.2) is 0 Å². The van der Waals surface area contributed by atoms with E-state index in [9.17, 15) is 0 Å². The number of hydrogen-bond donors (Lipinski definition) is 0. The highest BCUT2D eigenvalue weighted by molar-refractivity contribution is 5.99. The molecule has 0 N–H and O–H groups in total. The summed E-state index contributed by atoms with van der Waals surface area (Å²) in [6, 6.07) is 120. The molecule has 2 atom stereocenters. The van der Waals surface area contributed by atoms with Gasteiger partial charge < -0.3 is 19.3 Å². The number of halogens is 4. The summed E-state index contributed by atoms with van der Waals surface area (Å²) < 4.78 is 76.6. The van der Waals surface area contributed by atoms with Gasteiger partial charge in [0, 0.05) is 34.1 Å². The summed E-state index contributed by atoms with van der Waals surface area (Å²) in [5, 5.41) is 0. The number of hydrogen-bond acceptors (Lipinski definition) is 4. The summed E-state index contributed by atoms with van der Waals surface area (Å²) in [5.74, 6) is 1.17. The largest absolute Gasteiger partial charge is 0.457 e. The SMILES string of the molecule is C=Cc1ccc(Oc2ccc(C3(c4ccc(F)cc4)c4ccccc4-c4ccc(N(c5cccc(F)c5)c5ccc6c(c5)C5(c7ccccc7-6)c6ccccc6-c6ccc(N(c7cccc(F)c7)c7ccc8c(c7)C(c7ccc(F)cc7)(c7ccc(Oc9ccc(C=C)cc9)cc7)c7ccccc7-8)cc65)cc43)cc2)cc1. The first-order valence-electron chi connectivity index (χ1n) is 37.1. The summed E-state index contributed by atoms with van der Waals surface area (Å²) in [6.45, 7) is 7.84. The van der Waals surface area contributed by atoms with Crippen LogP contribution in [0.4, 0.5) is 51.7 Å². The lowest BCUT2D eigenvalue weighted by Gasteiger charge is -2.35. The first kappa shape index (κ1) is 66.4. The van der Waals surface area contributed by atoms with Gasteiger partial charge in [-0.05, 0) is 280 Å². The molecule has 16 aromatic rings. The average Bonchev–Trinajstić information content (AvgIpc) is 1.52. The minimum Gasteiger partial charge on any atom is -0.457 e. The van der Waals surface area contributed by atoms with E-state index in [1.54, 1.807) is 36.4 Å². The molecule has 0 aliphatic heterocycles. The van der Waals surface area contributed by atoms with Crippen molar-refractivity contribution in [1.29, 1.82) is 0 Å². The molecule has 528 valence electrons. The Bertz CT molecular complexity index is 6040. The Labute approximate surface area is 641 Å². The topological polar surface area (TPSA) is 24.9 Å². The summed E-state index contributed by atoms with van der Waals surface area (Å²) in [4.78, 5) is 4.31. The maximum absolute atomic E-state index is 16.4. The van der Waals surface area contributed by atoms with E-state index in [0.717, 1.165) is 145 Å². The lowest BCUT2D eigenvalue weighted by Crippen LogP contribution is -2.29. The molecule has 0 bridgehead atoms. The van der Waals surface area contributed by atoms with Crippen LogP contribution in [-0.2, 0) is 16.2 Å². The Hall–Kier alpha value is -14.1. The van der Waals surface area contributed by atoms with Gasteiger partial charge in [-0.15, -0.1) is 0 Å². The highest BCUT2D eigenvalue weighted by Gasteiger charge is 2.53. The Morgan fingerprint density at radius 1 is 0.216 bits per heavy atom. The highest BCUT2D eigenvalue weighted by atomic mass is 19.1. The molecule has 0 saturated heterocycles. The molecular formula is C103H66F4N2O2. The Balaban J connectivity index is 0.765. The van der Waals surface area contributed by atoms with Crippen molar-refractivity contribution in [2.24, 2.45) is 0 Å². The second-order valence-electron chi connectivity index (χ2n) is 28.8. The molecule has 20 rings (SSSR count). The summed E-state index contributed by atoms with van der Waals surface area (Å²) in [5.41, 5.74) is 23.5. The van der Waals surface area contributed by atoms with Crippen LogP contribution in [0.2, 0.25) is 0 Å². The molecule has 111 heavy (non-hydrogen) atoms. The normalized spacial score (nSPS) is 16.1. The third-order valence-corrected chi connectivity index (χ3v) is 23.1. The van der Waals surface area contributed by atoms with E-state index >= 15 is 17.6 Å². The van der Waals surface area contributed by atoms with Gasteiger partial charge in [0.25, 0.3) is 0 Å². The van der Waals surface area contributed by atoms with Crippen LogP contribution in [0.1, 0.15) is 77.9 Å². The first-order valence-corrected chi connectivity index (χ1v) is 37.1. The number of fused-ring (bicyclic) bond motifs is 16. The van der Waals surface area contributed by atoms with E-state index in [2.05, 4.69) is 217 Å². The van der Waals surface area contributed by atoms with Crippen LogP contribution in [0.3, 0.4) is 0 Å². The van der Waals surface area contributed by atoms with Crippen molar-refractivity contribution in [3.8, 4) is 67.5 Å². The Morgan fingerprint density at radius 2 is 0.468 bits per heavy atom. The molecule has 0 aromatic heterocycles. The highest BCUT2D eigenvalue weighted by Crippen LogP contribution is 2.66. The van der Waals surface area contributed by atoms with Crippen LogP contribution in [0, 0.1) is 23.3 Å². The lowest BCUT2D eigenvalue weighted by atomic mass is 9.67. The second kappa shape index (κ2) is 26.1. The van der Waals surface area contributed by atoms with Gasteiger partial charge in [0.1, 0.15) is 46.3 Å². The third-order valence-electron chi connectivity index (χ3n) is 23.1. The maximum atomic E-state index is 16.4. The molecule has 0 amide bonds. The summed E-state index contributed by atoms with van der Waals surface area (Å²) in [6.07, 6.45) is 3.60. The van der Waals surface area contributed by atoms with Gasteiger partial charge >= 0.3 is 0 Å². The molecule has 4 aliphatic rings. The van der Waals surface area contributed by atoms with E-state index in [1.807, 2.05) is 109 Å².